The molecule has 7 heteroatoms. The van der Waals surface area contributed by atoms with Crippen LogP contribution in [0.3, 0.4) is 0 Å². The quantitative estimate of drug-likeness (QED) is 0.746. The second-order valence-corrected chi connectivity index (χ2v) is 7.08. The first-order valence-corrected chi connectivity index (χ1v) is 7.39. The fourth-order valence-electron chi connectivity index (χ4n) is 1.70. The third-order valence-electron chi connectivity index (χ3n) is 2.68. The molecule has 0 saturated carbocycles. The number of nitrogens with two attached hydrogens (primary N) is 1. The minimum absolute atomic E-state index is 0.0292. The molecule has 0 atom stereocenters. The highest BCUT2D eigenvalue weighted by atomic mass is 32.5. The van der Waals surface area contributed by atoms with Gasteiger partial charge in [0.05, 0.1) is 0 Å². The largest absolute Gasteiger partial charge is 0.369 e. The molecule has 0 unspecified atom stereocenters. The van der Waals surface area contributed by atoms with Crippen molar-refractivity contribution in [1.29, 1.82) is 0 Å². The molecule has 0 aromatic rings. The van der Waals surface area contributed by atoms with Crippen molar-refractivity contribution >= 4 is 24.4 Å². The van der Waals surface area contributed by atoms with E-state index in [1.165, 1.54) is 0 Å². The smallest absolute Gasteiger partial charge is 0.263 e. The van der Waals surface area contributed by atoms with E-state index in [1.807, 2.05) is 4.67 Å². The van der Waals surface area contributed by atoms with E-state index >= 15 is 0 Å². The molecule has 1 aliphatic heterocycles. The minimum Gasteiger partial charge on any atom is -0.369 e. The number of hydrogen-bond acceptors (Lipinski definition) is 4. The summed E-state index contributed by atoms with van der Waals surface area (Å²) in [6.45, 7) is -0.869. The molecule has 1 heterocycles. The lowest BCUT2D eigenvalue weighted by Gasteiger charge is -2.36. The zero-order chi connectivity index (χ0) is 11.5. The molecule has 0 aromatic heterocycles. The molecule has 0 spiro atoms. The molecule has 1 aliphatic rings. The topological polar surface area (TPSA) is 64.8 Å². The number of carbonyl (C=O) groups excluding carboxylic acids is 1. The fourth-order valence-corrected chi connectivity index (χ4v) is 3.52. The molecule has 88 valence electrons. The van der Waals surface area contributed by atoms with Gasteiger partial charge in [-0.1, -0.05) is 0 Å². The Kier molecular flexibility index (Phi) is 4.67. The van der Waals surface area contributed by atoms with Gasteiger partial charge in [-0.25, -0.2) is 4.67 Å². The highest BCUT2D eigenvalue weighted by Crippen LogP contribution is 2.52. The standard InChI is InChI=1S/C8H17N2O3PS/c1-12-14(15,13-2)10-5-3-7(4-6-10)8(9)11/h7H,3-6H2,1-2H3,(H2,9,11). The summed E-state index contributed by atoms with van der Waals surface area (Å²) in [6.07, 6.45) is 1.47. The number of primary amides is 1. The van der Waals surface area contributed by atoms with Gasteiger partial charge in [0, 0.05) is 33.2 Å². The summed E-state index contributed by atoms with van der Waals surface area (Å²) in [7, 11) is 3.12. The van der Waals surface area contributed by atoms with Gasteiger partial charge in [0.1, 0.15) is 0 Å². The Labute approximate surface area is 95.1 Å². The Morgan fingerprint density at radius 3 is 2.20 bits per heavy atom. The Bertz CT molecular complexity index is 271. The Hall–Kier alpha value is -0.000000000000000111. The first kappa shape index (κ1) is 13.1. The number of piperidine rings is 1. The number of nitrogens with zero attached hydrogens (tertiary/aromatic N) is 1. The lowest BCUT2D eigenvalue weighted by Crippen LogP contribution is -2.37. The Morgan fingerprint density at radius 2 is 1.87 bits per heavy atom. The molecule has 2 N–H and O–H groups in total. The fraction of sp³-hybridized carbons (Fsp3) is 0.875. The summed E-state index contributed by atoms with van der Waals surface area (Å²) in [4.78, 5) is 11.0. The van der Waals surface area contributed by atoms with Crippen molar-refractivity contribution in [3.63, 3.8) is 0 Å². The van der Waals surface area contributed by atoms with Crippen LogP contribution in [-0.4, -0.2) is 37.9 Å². The van der Waals surface area contributed by atoms with Crippen LogP contribution in [0.2, 0.25) is 0 Å². The number of rotatable bonds is 4. The number of amides is 1. The SMILES string of the molecule is COP(=S)(OC)N1CCC(C(N)=O)CC1. The molecule has 0 bridgehead atoms. The van der Waals surface area contributed by atoms with Gasteiger partial charge in [-0.05, 0) is 24.6 Å². The lowest BCUT2D eigenvalue weighted by atomic mass is 9.98. The zero-order valence-corrected chi connectivity index (χ0v) is 10.7. The second-order valence-electron chi connectivity index (χ2n) is 3.46. The summed E-state index contributed by atoms with van der Waals surface area (Å²) in [6, 6.07) is 0. The molecule has 1 rings (SSSR count). The predicted octanol–water partition coefficient (Wildman–Crippen LogP) is 0.701. The van der Waals surface area contributed by atoms with Crippen LogP contribution >= 0.6 is 6.64 Å². The molecule has 1 amide bonds. The van der Waals surface area contributed by atoms with E-state index in [0.717, 1.165) is 12.8 Å². The number of hydrogen-bond donors (Lipinski definition) is 1. The molecule has 15 heavy (non-hydrogen) atoms. The van der Waals surface area contributed by atoms with Gasteiger partial charge in [-0.15, -0.1) is 0 Å². The number of carbonyl (C=O) groups is 1. The minimum atomic E-state index is -2.30. The van der Waals surface area contributed by atoms with Gasteiger partial charge in [0.25, 0.3) is 6.64 Å². The lowest BCUT2D eigenvalue weighted by molar-refractivity contribution is -0.122. The summed E-state index contributed by atoms with van der Waals surface area (Å²) < 4.78 is 12.5. The van der Waals surface area contributed by atoms with Crippen molar-refractivity contribution in [1.82, 2.24) is 4.67 Å². The maximum absolute atomic E-state index is 11.0. The average Bonchev–Trinajstić information content (AvgIpc) is 2.28. The maximum atomic E-state index is 11.0. The van der Waals surface area contributed by atoms with E-state index in [4.69, 9.17) is 26.6 Å². The first-order valence-electron chi connectivity index (χ1n) is 4.79. The van der Waals surface area contributed by atoms with Gasteiger partial charge >= 0.3 is 0 Å². The van der Waals surface area contributed by atoms with Crippen LogP contribution in [0, 0.1) is 5.92 Å². The molecule has 0 aromatic carbocycles. The van der Waals surface area contributed by atoms with Gasteiger partial charge in [0.15, 0.2) is 0 Å². The molecular weight excluding hydrogens is 235 g/mol. The third kappa shape index (κ3) is 2.98. The van der Waals surface area contributed by atoms with Gasteiger partial charge in [-0.2, -0.15) is 0 Å². The van der Waals surface area contributed by atoms with Crippen molar-refractivity contribution in [3.8, 4) is 0 Å². The normalized spacial score (nSPS) is 20.4. The molecule has 1 saturated heterocycles. The maximum Gasteiger partial charge on any atom is 0.263 e. The van der Waals surface area contributed by atoms with E-state index in [0.29, 0.717) is 13.1 Å². The first-order chi connectivity index (χ1) is 7.03. The summed E-state index contributed by atoms with van der Waals surface area (Å²) in [5, 5.41) is 0. The van der Waals surface area contributed by atoms with Crippen molar-refractivity contribution in [3.05, 3.63) is 0 Å². The van der Waals surface area contributed by atoms with E-state index < -0.39 is 6.64 Å². The van der Waals surface area contributed by atoms with E-state index in [9.17, 15) is 4.79 Å². The molecule has 0 radical (unpaired) electrons. The highest BCUT2D eigenvalue weighted by Gasteiger charge is 2.32. The van der Waals surface area contributed by atoms with E-state index in [1.54, 1.807) is 14.2 Å². The highest BCUT2D eigenvalue weighted by molar-refractivity contribution is 8.08. The molecular formula is C8H17N2O3PS. The monoisotopic (exact) mass is 252 g/mol. The second kappa shape index (κ2) is 5.37. The molecule has 5 nitrogen and oxygen atoms in total. The Morgan fingerprint density at radius 1 is 1.40 bits per heavy atom. The van der Waals surface area contributed by atoms with Crippen LogP contribution in [-0.2, 0) is 25.6 Å². The van der Waals surface area contributed by atoms with Crippen molar-refractivity contribution in [2.45, 2.75) is 12.8 Å². The zero-order valence-electron chi connectivity index (χ0n) is 9.01. The van der Waals surface area contributed by atoms with Crippen LogP contribution in [0.25, 0.3) is 0 Å². The van der Waals surface area contributed by atoms with Crippen LogP contribution in [0.4, 0.5) is 0 Å². The summed E-state index contributed by atoms with van der Waals surface area (Å²) >= 11 is 5.31. The molecule has 0 aliphatic carbocycles. The van der Waals surface area contributed by atoms with Crippen LogP contribution in [0.5, 0.6) is 0 Å². The Balaban J connectivity index is 2.57. The summed E-state index contributed by atoms with van der Waals surface area (Å²) in [5.74, 6) is -0.254. The van der Waals surface area contributed by atoms with E-state index in [-0.39, 0.29) is 11.8 Å². The third-order valence-corrected chi connectivity index (χ3v) is 6.28. The average molecular weight is 252 g/mol. The predicted molar refractivity (Wildman–Crippen MR) is 61.8 cm³/mol. The van der Waals surface area contributed by atoms with Gasteiger partial charge in [-0.3, -0.25) is 4.79 Å². The molecule has 1 fully saturated rings. The van der Waals surface area contributed by atoms with Crippen LogP contribution in [0.1, 0.15) is 12.8 Å². The van der Waals surface area contributed by atoms with Crippen molar-refractivity contribution in [2.75, 3.05) is 27.3 Å². The van der Waals surface area contributed by atoms with Crippen LogP contribution in [0.15, 0.2) is 0 Å². The summed E-state index contributed by atoms with van der Waals surface area (Å²) in [5.41, 5.74) is 5.25. The van der Waals surface area contributed by atoms with Crippen molar-refractivity contribution < 1.29 is 13.8 Å². The van der Waals surface area contributed by atoms with Gasteiger partial charge < -0.3 is 14.8 Å². The van der Waals surface area contributed by atoms with E-state index in [2.05, 4.69) is 0 Å². The van der Waals surface area contributed by atoms with Crippen molar-refractivity contribution in [2.24, 2.45) is 11.7 Å². The van der Waals surface area contributed by atoms with Crippen LogP contribution < -0.4 is 5.73 Å². The van der Waals surface area contributed by atoms with Gasteiger partial charge in [0.2, 0.25) is 5.91 Å².